The molecule has 2 N–H and O–H groups in total. The fraction of sp³-hybridized carbons (Fsp3) is 0.467. The standard InChI is InChI=1S/C15H19N3O5S/c1-10(15(20)18-6-2-3-7-18)17-24(21,22)11-4-5-13-12(8-11)16-14(19)9-23-13/h4-5,8,10,17H,2-3,6-7,9H2,1H3,(H,16,19)/t10-/m1/s1. The molecule has 1 atom stereocenters. The van der Waals surface area contributed by atoms with E-state index in [4.69, 9.17) is 4.74 Å². The van der Waals surface area contributed by atoms with Crippen LogP contribution in [-0.4, -0.2) is 50.9 Å². The number of amides is 2. The average Bonchev–Trinajstić information content (AvgIpc) is 3.07. The lowest BCUT2D eigenvalue weighted by Crippen LogP contribution is -2.45. The van der Waals surface area contributed by atoms with Crippen molar-refractivity contribution in [2.45, 2.75) is 30.7 Å². The molecule has 3 rings (SSSR count). The molecule has 0 aromatic heterocycles. The number of sulfonamides is 1. The van der Waals surface area contributed by atoms with E-state index in [-0.39, 0.29) is 23.3 Å². The molecule has 1 aromatic carbocycles. The fourth-order valence-corrected chi connectivity index (χ4v) is 4.01. The average molecular weight is 353 g/mol. The molecule has 0 spiro atoms. The number of nitrogens with zero attached hydrogens (tertiary/aromatic N) is 1. The van der Waals surface area contributed by atoms with Gasteiger partial charge in [-0.05, 0) is 38.0 Å². The molecule has 0 bridgehead atoms. The maximum absolute atomic E-state index is 12.5. The number of hydrogen-bond donors (Lipinski definition) is 2. The third-order valence-electron chi connectivity index (χ3n) is 4.01. The van der Waals surface area contributed by atoms with Gasteiger partial charge in [-0.3, -0.25) is 9.59 Å². The third kappa shape index (κ3) is 3.36. The number of ether oxygens (including phenoxy) is 1. The number of anilines is 1. The minimum Gasteiger partial charge on any atom is -0.482 e. The molecule has 0 saturated carbocycles. The predicted molar refractivity (Wildman–Crippen MR) is 86.2 cm³/mol. The fourth-order valence-electron chi connectivity index (χ4n) is 2.79. The molecule has 0 radical (unpaired) electrons. The quantitative estimate of drug-likeness (QED) is 0.810. The van der Waals surface area contributed by atoms with Crippen molar-refractivity contribution in [3.8, 4) is 5.75 Å². The lowest BCUT2D eigenvalue weighted by molar-refractivity contribution is -0.131. The second-order valence-electron chi connectivity index (χ2n) is 5.87. The van der Waals surface area contributed by atoms with Gasteiger partial charge in [0.05, 0.1) is 16.6 Å². The molecule has 1 aromatic rings. The van der Waals surface area contributed by atoms with E-state index in [9.17, 15) is 18.0 Å². The first-order valence-corrected chi connectivity index (χ1v) is 9.23. The summed E-state index contributed by atoms with van der Waals surface area (Å²) in [7, 11) is -3.89. The van der Waals surface area contributed by atoms with Gasteiger partial charge in [-0.2, -0.15) is 4.72 Å². The molecule has 2 aliphatic heterocycles. The molecular weight excluding hydrogens is 334 g/mol. The van der Waals surface area contributed by atoms with Gasteiger partial charge in [-0.25, -0.2) is 8.42 Å². The van der Waals surface area contributed by atoms with E-state index < -0.39 is 16.1 Å². The number of fused-ring (bicyclic) bond motifs is 1. The number of carbonyl (C=O) groups excluding carboxylic acids is 2. The number of hydrogen-bond acceptors (Lipinski definition) is 5. The molecule has 2 amide bonds. The number of rotatable bonds is 4. The summed E-state index contributed by atoms with van der Waals surface area (Å²) in [6.45, 7) is 2.75. The Morgan fingerprint density at radius 3 is 2.75 bits per heavy atom. The monoisotopic (exact) mass is 353 g/mol. The molecule has 1 saturated heterocycles. The summed E-state index contributed by atoms with van der Waals surface area (Å²) in [5, 5.41) is 2.56. The molecule has 0 aliphatic carbocycles. The highest BCUT2D eigenvalue weighted by Gasteiger charge is 2.28. The van der Waals surface area contributed by atoms with Crippen LogP contribution in [0.25, 0.3) is 0 Å². The highest BCUT2D eigenvalue weighted by Crippen LogP contribution is 2.30. The third-order valence-corrected chi connectivity index (χ3v) is 5.55. The Bertz CT molecular complexity index is 771. The minimum absolute atomic E-state index is 0.0341. The summed E-state index contributed by atoms with van der Waals surface area (Å²) in [5.74, 6) is -0.164. The van der Waals surface area contributed by atoms with Crippen molar-refractivity contribution in [3.63, 3.8) is 0 Å². The van der Waals surface area contributed by atoms with Gasteiger partial charge in [-0.1, -0.05) is 0 Å². The number of likely N-dealkylation sites (tertiary alicyclic amines) is 1. The van der Waals surface area contributed by atoms with Crippen molar-refractivity contribution in [2.24, 2.45) is 0 Å². The van der Waals surface area contributed by atoms with E-state index in [0.29, 0.717) is 24.5 Å². The summed E-state index contributed by atoms with van der Waals surface area (Å²) in [4.78, 5) is 25.2. The van der Waals surface area contributed by atoms with Crippen LogP contribution >= 0.6 is 0 Å². The summed E-state index contributed by atoms with van der Waals surface area (Å²) in [5.41, 5.74) is 0.299. The van der Waals surface area contributed by atoms with Crippen molar-refractivity contribution >= 4 is 27.5 Å². The Balaban J connectivity index is 1.76. The summed E-state index contributed by atoms with van der Waals surface area (Å²) in [6.07, 6.45) is 1.88. The van der Waals surface area contributed by atoms with Gasteiger partial charge < -0.3 is 15.0 Å². The van der Waals surface area contributed by atoms with Crippen LogP contribution < -0.4 is 14.8 Å². The first kappa shape index (κ1) is 16.7. The van der Waals surface area contributed by atoms with Crippen LogP contribution in [0.15, 0.2) is 23.1 Å². The van der Waals surface area contributed by atoms with Gasteiger partial charge in [0.1, 0.15) is 5.75 Å². The zero-order chi connectivity index (χ0) is 17.3. The summed E-state index contributed by atoms with van der Waals surface area (Å²) >= 11 is 0. The normalized spacial score (nSPS) is 18.5. The molecule has 1 fully saturated rings. The van der Waals surface area contributed by atoms with E-state index in [1.54, 1.807) is 4.90 Å². The molecule has 0 unspecified atom stereocenters. The van der Waals surface area contributed by atoms with Gasteiger partial charge in [0.2, 0.25) is 15.9 Å². The number of nitrogens with one attached hydrogen (secondary N) is 2. The van der Waals surface area contributed by atoms with Gasteiger partial charge in [0.25, 0.3) is 5.91 Å². The Hall–Kier alpha value is -2.13. The Morgan fingerprint density at radius 1 is 1.33 bits per heavy atom. The minimum atomic E-state index is -3.89. The van der Waals surface area contributed by atoms with Crippen LogP contribution in [0.5, 0.6) is 5.75 Å². The maximum Gasteiger partial charge on any atom is 0.262 e. The topological polar surface area (TPSA) is 105 Å². The van der Waals surface area contributed by atoms with Gasteiger partial charge >= 0.3 is 0 Å². The second kappa shape index (κ2) is 6.40. The van der Waals surface area contributed by atoms with Crippen molar-refractivity contribution in [1.82, 2.24) is 9.62 Å². The van der Waals surface area contributed by atoms with Crippen LogP contribution in [0, 0.1) is 0 Å². The predicted octanol–water partition coefficient (Wildman–Crippen LogP) is 0.307. The van der Waals surface area contributed by atoms with E-state index in [1.807, 2.05) is 0 Å². The first-order chi connectivity index (χ1) is 11.4. The van der Waals surface area contributed by atoms with Crippen molar-refractivity contribution in [3.05, 3.63) is 18.2 Å². The molecule has 2 aliphatic rings. The van der Waals surface area contributed by atoms with Gasteiger partial charge in [-0.15, -0.1) is 0 Å². The lowest BCUT2D eigenvalue weighted by Gasteiger charge is -2.22. The smallest absolute Gasteiger partial charge is 0.262 e. The van der Waals surface area contributed by atoms with Crippen LogP contribution in [0.3, 0.4) is 0 Å². The van der Waals surface area contributed by atoms with Crippen LogP contribution in [0.1, 0.15) is 19.8 Å². The number of benzene rings is 1. The van der Waals surface area contributed by atoms with Crippen LogP contribution in [0.2, 0.25) is 0 Å². The van der Waals surface area contributed by atoms with Crippen molar-refractivity contribution < 1.29 is 22.7 Å². The van der Waals surface area contributed by atoms with E-state index in [1.165, 1.54) is 25.1 Å². The van der Waals surface area contributed by atoms with Crippen LogP contribution in [0.4, 0.5) is 5.69 Å². The first-order valence-electron chi connectivity index (χ1n) is 7.74. The second-order valence-corrected chi connectivity index (χ2v) is 7.58. The highest BCUT2D eigenvalue weighted by molar-refractivity contribution is 7.89. The zero-order valence-electron chi connectivity index (χ0n) is 13.2. The van der Waals surface area contributed by atoms with E-state index >= 15 is 0 Å². The van der Waals surface area contributed by atoms with E-state index in [0.717, 1.165) is 12.8 Å². The van der Waals surface area contributed by atoms with Gasteiger partial charge in [0.15, 0.2) is 6.61 Å². The maximum atomic E-state index is 12.5. The Labute approximate surface area is 140 Å². The lowest BCUT2D eigenvalue weighted by atomic mass is 10.2. The van der Waals surface area contributed by atoms with E-state index in [2.05, 4.69) is 10.0 Å². The highest BCUT2D eigenvalue weighted by atomic mass is 32.2. The molecular formula is C15H19N3O5S. The molecule has 9 heteroatoms. The SMILES string of the molecule is C[C@@H](NS(=O)(=O)c1ccc2c(c1)NC(=O)CO2)C(=O)N1CCCC1. The molecule has 2 heterocycles. The summed E-state index contributed by atoms with van der Waals surface area (Å²) < 4.78 is 32.6. The van der Waals surface area contributed by atoms with Gasteiger partial charge in [0, 0.05) is 13.1 Å². The Kier molecular flexibility index (Phi) is 4.46. The molecule has 8 nitrogen and oxygen atoms in total. The largest absolute Gasteiger partial charge is 0.482 e. The molecule has 24 heavy (non-hydrogen) atoms. The van der Waals surface area contributed by atoms with Crippen LogP contribution in [-0.2, 0) is 19.6 Å². The summed E-state index contributed by atoms with van der Waals surface area (Å²) in [6, 6.07) is 3.33. The number of carbonyl (C=O) groups is 2. The van der Waals surface area contributed by atoms with Crippen molar-refractivity contribution in [2.75, 3.05) is 25.0 Å². The molecule has 130 valence electrons. The zero-order valence-corrected chi connectivity index (χ0v) is 14.1. The van der Waals surface area contributed by atoms with Crippen molar-refractivity contribution in [1.29, 1.82) is 0 Å². The Morgan fingerprint density at radius 2 is 2.04 bits per heavy atom.